The summed E-state index contributed by atoms with van der Waals surface area (Å²) in [7, 11) is 0. The van der Waals surface area contributed by atoms with E-state index in [1.165, 1.54) is 22.9 Å². The number of nitrogens with zero attached hydrogens (tertiary/aromatic N) is 3. The van der Waals surface area contributed by atoms with Gasteiger partial charge in [-0.1, -0.05) is 11.6 Å². The zero-order valence-corrected chi connectivity index (χ0v) is 17.2. The van der Waals surface area contributed by atoms with Gasteiger partial charge in [-0.25, -0.2) is 4.68 Å². The van der Waals surface area contributed by atoms with Gasteiger partial charge in [0.15, 0.2) is 5.78 Å². The second kappa shape index (κ2) is 8.80. The zero-order valence-electron chi connectivity index (χ0n) is 16.4. The van der Waals surface area contributed by atoms with Crippen molar-refractivity contribution in [2.45, 2.75) is 6.18 Å². The van der Waals surface area contributed by atoms with Crippen molar-refractivity contribution in [3.63, 3.8) is 0 Å². The normalized spacial score (nSPS) is 11.8. The molecule has 0 N–H and O–H groups in total. The SMILES string of the molecule is O=C(C=Cc1cn(-c2ccc(C(F)(F)F)cc2)nc1-c1cccnc1)c1ccc(Cl)cc1. The summed E-state index contributed by atoms with van der Waals surface area (Å²) < 4.78 is 40.1. The van der Waals surface area contributed by atoms with Gasteiger partial charge in [0.2, 0.25) is 0 Å². The van der Waals surface area contributed by atoms with Crippen LogP contribution < -0.4 is 0 Å². The first-order chi connectivity index (χ1) is 15.3. The Morgan fingerprint density at radius 1 is 1.00 bits per heavy atom. The van der Waals surface area contributed by atoms with Crippen molar-refractivity contribution in [2.24, 2.45) is 0 Å². The van der Waals surface area contributed by atoms with E-state index in [1.807, 2.05) is 6.07 Å². The number of allylic oxidation sites excluding steroid dienone is 1. The number of alkyl halides is 3. The van der Waals surface area contributed by atoms with Gasteiger partial charge in [0.1, 0.15) is 5.69 Å². The molecule has 0 saturated heterocycles. The van der Waals surface area contributed by atoms with Crippen LogP contribution in [-0.2, 0) is 6.18 Å². The van der Waals surface area contributed by atoms with Crippen LogP contribution in [0.25, 0.3) is 23.0 Å². The second-order valence-corrected chi connectivity index (χ2v) is 7.30. The molecular weight excluding hydrogens is 439 g/mol. The van der Waals surface area contributed by atoms with Gasteiger partial charge in [0, 0.05) is 40.3 Å². The smallest absolute Gasteiger partial charge is 0.289 e. The first-order valence-corrected chi connectivity index (χ1v) is 9.85. The predicted octanol–water partition coefficient (Wildman–Crippen LogP) is 6.50. The first kappa shape index (κ1) is 21.5. The van der Waals surface area contributed by atoms with Gasteiger partial charge in [-0.2, -0.15) is 18.3 Å². The van der Waals surface area contributed by atoms with E-state index < -0.39 is 11.7 Å². The topological polar surface area (TPSA) is 47.8 Å². The minimum absolute atomic E-state index is 0.221. The molecule has 32 heavy (non-hydrogen) atoms. The van der Waals surface area contributed by atoms with E-state index in [-0.39, 0.29) is 5.78 Å². The van der Waals surface area contributed by atoms with Crippen molar-refractivity contribution in [3.05, 3.63) is 107 Å². The van der Waals surface area contributed by atoms with Crippen molar-refractivity contribution in [2.75, 3.05) is 0 Å². The molecule has 4 nitrogen and oxygen atoms in total. The number of hydrogen-bond acceptors (Lipinski definition) is 3. The van der Waals surface area contributed by atoms with E-state index in [0.29, 0.717) is 33.1 Å². The van der Waals surface area contributed by atoms with Gasteiger partial charge >= 0.3 is 6.18 Å². The number of pyridine rings is 1. The molecule has 0 unspecified atom stereocenters. The molecule has 0 spiro atoms. The number of benzene rings is 2. The number of ketones is 1. The lowest BCUT2D eigenvalue weighted by molar-refractivity contribution is -0.137. The minimum atomic E-state index is -4.42. The standard InChI is InChI=1S/C24H15ClF3N3O/c25-20-8-3-16(4-9-20)22(32)12-5-18-15-31(30-23(18)17-2-1-13-29-14-17)21-10-6-19(7-11-21)24(26,27)28/h1-15H. The summed E-state index contributed by atoms with van der Waals surface area (Å²) in [4.78, 5) is 16.6. The molecular formula is C24H15ClF3N3O. The van der Waals surface area contributed by atoms with Gasteiger partial charge in [-0.3, -0.25) is 9.78 Å². The molecule has 0 amide bonds. The third kappa shape index (κ3) is 4.78. The number of rotatable bonds is 5. The van der Waals surface area contributed by atoms with Crippen LogP contribution in [0.4, 0.5) is 13.2 Å². The number of carbonyl (C=O) groups is 1. The van der Waals surface area contributed by atoms with Crippen molar-refractivity contribution >= 4 is 23.5 Å². The largest absolute Gasteiger partial charge is 0.416 e. The summed E-state index contributed by atoms with van der Waals surface area (Å²) >= 11 is 5.86. The molecule has 0 aliphatic rings. The van der Waals surface area contributed by atoms with Crippen molar-refractivity contribution < 1.29 is 18.0 Å². The molecule has 0 radical (unpaired) electrons. The van der Waals surface area contributed by atoms with Gasteiger partial charge in [-0.05, 0) is 72.8 Å². The molecule has 0 fully saturated rings. The molecule has 0 bridgehead atoms. The average Bonchev–Trinajstić information content (AvgIpc) is 3.22. The first-order valence-electron chi connectivity index (χ1n) is 9.47. The molecule has 4 rings (SSSR count). The quantitative estimate of drug-likeness (QED) is 0.256. The van der Waals surface area contributed by atoms with Gasteiger partial charge in [-0.15, -0.1) is 0 Å². The molecule has 160 valence electrons. The Hall–Kier alpha value is -3.71. The Labute approximate surface area is 186 Å². The summed E-state index contributed by atoms with van der Waals surface area (Å²) in [5, 5.41) is 5.05. The van der Waals surface area contributed by atoms with E-state index in [0.717, 1.165) is 12.1 Å². The third-order valence-corrected chi connectivity index (χ3v) is 4.93. The van der Waals surface area contributed by atoms with Crippen LogP contribution in [0.3, 0.4) is 0 Å². The Balaban J connectivity index is 1.70. The monoisotopic (exact) mass is 453 g/mol. The Morgan fingerprint density at radius 3 is 2.34 bits per heavy atom. The molecule has 2 aromatic carbocycles. The lowest BCUT2D eigenvalue weighted by Gasteiger charge is -2.07. The molecule has 0 aliphatic carbocycles. The highest BCUT2D eigenvalue weighted by atomic mass is 35.5. The second-order valence-electron chi connectivity index (χ2n) is 6.87. The molecule has 2 aromatic heterocycles. The molecule has 8 heteroatoms. The van der Waals surface area contributed by atoms with Crippen LogP contribution in [0.1, 0.15) is 21.5 Å². The lowest BCUT2D eigenvalue weighted by atomic mass is 10.1. The van der Waals surface area contributed by atoms with Gasteiger partial charge in [0.25, 0.3) is 0 Å². The van der Waals surface area contributed by atoms with Crippen LogP contribution in [-0.4, -0.2) is 20.5 Å². The fourth-order valence-electron chi connectivity index (χ4n) is 3.05. The minimum Gasteiger partial charge on any atom is -0.289 e. The van der Waals surface area contributed by atoms with Crippen molar-refractivity contribution in [1.82, 2.24) is 14.8 Å². The van der Waals surface area contributed by atoms with E-state index in [9.17, 15) is 18.0 Å². The maximum absolute atomic E-state index is 12.9. The third-order valence-electron chi connectivity index (χ3n) is 4.68. The summed E-state index contributed by atoms with van der Waals surface area (Å²) in [6.45, 7) is 0. The van der Waals surface area contributed by atoms with Crippen LogP contribution in [0, 0.1) is 0 Å². The number of aromatic nitrogens is 3. The summed E-state index contributed by atoms with van der Waals surface area (Å²) in [5.41, 5.74) is 2.04. The zero-order chi connectivity index (χ0) is 22.7. The fourth-order valence-corrected chi connectivity index (χ4v) is 3.17. The Morgan fingerprint density at radius 2 is 1.72 bits per heavy atom. The highest BCUT2D eigenvalue weighted by Crippen LogP contribution is 2.30. The molecule has 0 aliphatic heterocycles. The van der Waals surface area contributed by atoms with Crippen LogP contribution >= 0.6 is 11.6 Å². The maximum Gasteiger partial charge on any atom is 0.416 e. The van der Waals surface area contributed by atoms with E-state index in [1.54, 1.807) is 55.0 Å². The summed E-state index contributed by atoms with van der Waals surface area (Å²) in [6.07, 6.45) is 3.51. The predicted molar refractivity (Wildman–Crippen MR) is 117 cm³/mol. The van der Waals surface area contributed by atoms with Gasteiger partial charge < -0.3 is 0 Å². The van der Waals surface area contributed by atoms with E-state index >= 15 is 0 Å². The average molecular weight is 454 g/mol. The molecule has 4 aromatic rings. The van der Waals surface area contributed by atoms with Gasteiger partial charge in [0.05, 0.1) is 11.3 Å². The molecule has 0 atom stereocenters. The van der Waals surface area contributed by atoms with Crippen molar-refractivity contribution in [3.8, 4) is 16.9 Å². The van der Waals surface area contributed by atoms with Crippen LogP contribution in [0.15, 0.2) is 85.3 Å². The fraction of sp³-hybridized carbons (Fsp3) is 0.0417. The summed E-state index contributed by atoms with van der Waals surface area (Å²) in [5.74, 6) is -0.221. The van der Waals surface area contributed by atoms with E-state index in [2.05, 4.69) is 10.1 Å². The van der Waals surface area contributed by atoms with E-state index in [4.69, 9.17) is 11.6 Å². The molecule has 2 heterocycles. The van der Waals surface area contributed by atoms with Crippen LogP contribution in [0.2, 0.25) is 5.02 Å². The number of carbonyl (C=O) groups excluding carboxylic acids is 1. The Kier molecular flexibility index (Phi) is 5.92. The van der Waals surface area contributed by atoms with Crippen LogP contribution in [0.5, 0.6) is 0 Å². The highest BCUT2D eigenvalue weighted by Gasteiger charge is 2.30. The van der Waals surface area contributed by atoms with Crippen molar-refractivity contribution in [1.29, 1.82) is 0 Å². The molecule has 0 saturated carbocycles. The Bertz CT molecular complexity index is 1260. The lowest BCUT2D eigenvalue weighted by Crippen LogP contribution is -2.05. The number of hydrogen-bond donors (Lipinski definition) is 0. The summed E-state index contributed by atoms with van der Waals surface area (Å²) in [6, 6.07) is 14.8. The highest BCUT2D eigenvalue weighted by molar-refractivity contribution is 6.30. The number of halogens is 4. The maximum atomic E-state index is 12.9.